The average Bonchev–Trinajstić information content (AvgIpc) is 3.14. The van der Waals surface area contributed by atoms with Gasteiger partial charge in [-0.25, -0.2) is 0 Å². The Morgan fingerprint density at radius 3 is 2.24 bits per heavy atom. The van der Waals surface area contributed by atoms with Crippen LogP contribution in [0.2, 0.25) is 0 Å². The molecule has 1 aromatic heterocycles. The van der Waals surface area contributed by atoms with Crippen LogP contribution in [0.25, 0.3) is 11.3 Å². The second kappa shape index (κ2) is 14.9. The third kappa shape index (κ3) is 13.2. The molecule has 1 amide bonds. The molecule has 33 heavy (non-hydrogen) atoms. The standard InChI is InChI=1S/C14H11F6N3O2.C5H10O.C2H6/c15-13(16,17)4-5-23-11(7-12(22-23)21-8-24)9-2-1-3-10(6-9)25-14(18,19)20;1-2-3-4-5-6;1-2/h1-3,6-8H,4-5H2,(H,21,22,24);5H,2-4H2,1H3;1-2H3. The van der Waals surface area contributed by atoms with E-state index in [0.29, 0.717) is 0 Å². The minimum absolute atomic E-state index is 0.0330. The molecule has 0 aliphatic heterocycles. The Balaban J connectivity index is 0.00000111. The zero-order valence-electron chi connectivity index (χ0n) is 18.5. The van der Waals surface area contributed by atoms with Gasteiger partial charge >= 0.3 is 12.5 Å². The maximum absolute atomic E-state index is 12.4. The number of aldehydes is 1. The van der Waals surface area contributed by atoms with Crippen molar-refractivity contribution in [1.82, 2.24) is 9.78 Å². The van der Waals surface area contributed by atoms with E-state index in [-0.39, 0.29) is 23.5 Å². The normalized spacial score (nSPS) is 10.8. The molecule has 6 nitrogen and oxygen atoms in total. The third-order valence-corrected chi connectivity index (χ3v) is 3.63. The quantitative estimate of drug-likeness (QED) is 0.256. The summed E-state index contributed by atoms with van der Waals surface area (Å²) in [5.41, 5.74) is 0.247. The molecule has 0 unspecified atom stereocenters. The Morgan fingerprint density at radius 2 is 1.76 bits per heavy atom. The fourth-order valence-electron chi connectivity index (χ4n) is 2.32. The van der Waals surface area contributed by atoms with Crippen molar-refractivity contribution in [2.45, 2.75) is 65.5 Å². The molecule has 1 aromatic carbocycles. The highest BCUT2D eigenvalue weighted by Gasteiger charge is 2.31. The summed E-state index contributed by atoms with van der Waals surface area (Å²) >= 11 is 0. The number of ether oxygens (including phenoxy) is 1. The minimum atomic E-state index is -4.90. The van der Waals surface area contributed by atoms with Crippen molar-refractivity contribution >= 4 is 18.5 Å². The Kier molecular flexibility index (Phi) is 13.5. The van der Waals surface area contributed by atoms with Gasteiger partial charge in [-0.1, -0.05) is 39.3 Å². The summed E-state index contributed by atoms with van der Waals surface area (Å²) in [4.78, 5) is 20.0. The number of alkyl halides is 6. The zero-order valence-corrected chi connectivity index (χ0v) is 18.5. The summed E-state index contributed by atoms with van der Waals surface area (Å²) in [6, 6.07) is 5.95. The number of hydrogen-bond acceptors (Lipinski definition) is 4. The fourth-order valence-corrected chi connectivity index (χ4v) is 2.32. The number of unbranched alkanes of at least 4 members (excludes halogenated alkanes) is 2. The van der Waals surface area contributed by atoms with Gasteiger partial charge in [0, 0.05) is 18.1 Å². The predicted molar refractivity (Wildman–Crippen MR) is 112 cm³/mol. The van der Waals surface area contributed by atoms with E-state index in [1.165, 1.54) is 18.2 Å². The second-order valence-electron chi connectivity index (χ2n) is 6.15. The number of benzene rings is 1. The molecule has 2 rings (SSSR count). The summed E-state index contributed by atoms with van der Waals surface area (Å²) in [7, 11) is 0. The average molecular weight is 483 g/mol. The van der Waals surface area contributed by atoms with Crippen molar-refractivity contribution in [3.63, 3.8) is 0 Å². The molecule has 0 atom stereocenters. The molecule has 0 aliphatic carbocycles. The van der Waals surface area contributed by atoms with Gasteiger partial charge in [-0.2, -0.15) is 18.3 Å². The fraction of sp³-hybridized carbons (Fsp3) is 0.476. The largest absolute Gasteiger partial charge is 0.573 e. The first kappa shape index (κ1) is 30.0. The van der Waals surface area contributed by atoms with E-state index in [1.807, 2.05) is 13.8 Å². The molecule has 2 aromatic rings. The zero-order chi connectivity index (χ0) is 25.5. The van der Waals surface area contributed by atoms with E-state index >= 15 is 0 Å². The van der Waals surface area contributed by atoms with Gasteiger partial charge in [0.2, 0.25) is 6.41 Å². The first-order valence-corrected chi connectivity index (χ1v) is 10.1. The number of anilines is 1. The highest BCUT2D eigenvalue weighted by Crippen LogP contribution is 2.30. The van der Waals surface area contributed by atoms with E-state index in [1.54, 1.807) is 0 Å². The van der Waals surface area contributed by atoms with Crippen LogP contribution >= 0.6 is 0 Å². The molecular weight excluding hydrogens is 456 g/mol. The third-order valence-electron chi connectivity index (χ3n) is 3.63. The van der Waals surface area contributed by atoms with E-state index in [2.05, 4.69) is 22.1 Å². The lowest BCUT2D eigenvalue weighted by Crippen LogP contribution is -2.17. The second-order valence-corrected chi connectivity index (χ2v) is 6.15. The van der Waals surface area contributed by atoms with Crippen LogP contribution in [0.15, 0.2) is 30.3 Å². The molecule has 0 fully saturated rings. The lowest BCUT2D eigenvalue weighted by atomic mass is 10.1. The van der Waals surface area contributed by atoms with Gasteiger partial charge in [-0.3, -0.25) is 9.48 Å². The predicted octanol–water partition coefficient (Wildman–Crippen LogP) is 6.37. The number of carbonyl (C=O) groups is 2. The first-order valence-electron chi connectivity index (χ1n) is 10.1. The number of halogens is 6. The molecule has 12 heteroatoms. The van der Waals surface area contributed by atoms with Crippen LogP contribution in [0.3, 0.4) is 0 Å². The van der Waals surface area contributed by atoms with Gasteiger partial charge in [0.05, 0.1) is 18.7 Å². The molecule has 0 radical (unpaired) electrons. The van der Waals surface area contributed by atoms with Crippen molar-refractivity contribution in [2.75, 3.05) is 5.32 Å². The van der Waals surface area contributed by atoms with Crippen LogP contribution in [0.1, 0.15) is 46.5 Å². The van der Waals surface area contributed by atoms with Gasteiger partial charge in [0.25, 0.3) is 0 Å². The summed E-state index contributed by atoms with van der Waals surface area (Å²) < 4.78 is 78.9. The van der Waals surface area contributed by atoms with Gasteiger partial charge < -0.3 is 14.8 Å². The number of nitrogens with one attached hydrogen (secondary N) is 1. The number of nitrogens with zero attached hydrogens (tertiary/aromatic N) is 2. The van der Waals surface area contributed by atoms with E-state index < -0.39 is 31.3 Å². The number of carbonyl (C=O) groups excluding carboxylic acids is 2. The minimum Gasteiger partial charge on any atom is -0.406 e. The Bertz CT molecular complexity index is 835. The molecule has 186 valence electrons. The first-order chi connectivity index (χ1) is 15.5. The molecular formula is C21H27F6N3O3. The lowest BCUT2D eigenvalue weighted by molar-refractivity contribution is -0.274. The van der Waals surface area contributed by atoms with Crippen LogP contribution < -0.4 is 10.1 Å². The number of rotatable bonds is 9. The Labute approximate surface area is 187 Å². The number of aryl methyl sites for hydroxylation is 1. The van der Waals surface area contributed by atoms with E-state index in [4.69, 9.17) is 0 Å². The number of hydrogen-bond donors (Lipinski definition) is 1. The molecule has 0 aliphatic rings. The van der Waals surface area contributed by atoms with Gasteiger partial charge in [0.15, 0.2) is 5.82 Å². The summed E-state index contributed by atoms with van der Waals surface area (Å²) in [5.74, 6) is -0.562. The maximum Gasteiger partial charge on any atom is 0.573 e. The van der Waals surface area contributed by atoms with Crippen molar-refractivity contribution in [3.8, 4) is 17.0 Å². The Morgan fingerprint density at radius 1 is 1.09 bits per heavy atom. The summed E-state index contributed by atoms with van der Waals surface area (Å²) in [5, 5.41) is 5.98. The number of amides is 1. The maximum atomic E-state index is 12.4. The molecule has 1 N–H and O–H groups in total. The smallest absolute Gasteiger partial charge is 0.406 e. The van der Waals surface area contributed by atoms with Crippen LogP contribution in [-0.2, 0) is 16.1 Å². The topological polar surface area (TPSA) is 73.2 Å². The van der Waals surface area contributed by atoms with Gasteiger partial charge in [-0.15, -0.1) is 13.2 Å². The molecule has 0 spiro atoms. The van der Waals surface area contributed by atoms with Gasteiger partial charge in [0.1, 0.15) is 12.0 Å². The molecule has 0 bridgehead atoms. The molecule has 0 saturated heterocycles. The molecule has 1 heterocycles. The van der Waals surface area contributed by atoms with Crippen LogP contribution in [0, 0.1) is 0 Å². The van der Waals surface area contributed by atoms with Crippen molar-refractivity contribution in [1.29, 1.82) is 0 Å². The van der Waals surface area contributed by atoms with Crippen LogP contribution in [0.5, 0.6) is 5.75 Å². The van der Waals surface area contributed by atoms with Crippen LogP contribution in [-0.4, -0.2) is 35.0 Å². The SMILES string of the molecule is CC.CCCCC=O.O=CNc1cc(-c2cccc(OC(F)(F)F)c2)n(CCC(F)(F)F)n1. The highest BCUT2D eigenvalue weighted by atomic mass is 19.4. The van der Waals surface area contributed by atoms with Crippen molar-refractivity contribution in [2.24, 2.45) is 0 Å². The van der Waals surface area contributed by atoms with E-state index in [0.717, 1.165) is 42.4 Å². The summed E-state index contributed by atoms with van der Waals surface area (Å²) in [6.07, 6.45) is -6.39. The van der Waals surface area contributed by atoms with Crippen molar-refractivity contribution in [3.05, 3.63) is 30.3 Å². The highest BCUT2D eigenvalue weighted by molar-refractivity contribution is 5.73. The lowest BCUT2D eigenvalue weighted by Gasteiger charge is -2.12. The monoisotopic (exact) mass is 483 g/mol. The number of aromatic nitrogens is 2. The molecule has 0 saturated carbocycles. The Hall–Kier alpha value is -3.05. The van der Waals surface area contributed by atoms with Crippen LogP contribution in [0.4, 0.5) is 32.2 Å². The van der Waals surface area contributed by atoms with Gasteiger partial charge in [-0.05, 0) is 18.6 Å². The van der Waals surface area contributed by atoms with E-state index in [9.17, 15) is 35.9 Å². The summed E-state index contributed by atoms with van der Waals surface area (Å²) in [6.45, 7) is 5.51. The van der Waals surface area contributed by atoms with Crippen molar-refractivity contribution < 1.29 is 40.7 Å².